The van der Waals surface area contributed by atoms with E-state index in [2.05, 4.69) is 34.8 Å². The first-order chi connectivity index (χ1) is 13.3. The van der Waals surface area contributed by atoms with Crippen molar-refractivity contribution in [2.45, 2.75) is 38.8 Å². The lowest BCUT2D eigenvalue weighted by Gasteiger charge is -2.21. The summed E-state index contributed by atoms with van der Waals surface area (Å²) in [5, 5.41) is 12.6. The maximum Gasteiger partial charge on any atom is 0.259 e. The molecule has 0 unspecified atom stereocenters. The zero-order valence-electron chi connectivity index (χ0n) is 15.2. The number of rotatable bonds is 3. The van der Waals surface area contributed by atoms with E-state index in [4.69, 9.17) is 9.26 Å². The fourth-order valence-electron chi connectivity index (χ4n) is 3.71. The third-order valence-electron chi connectivity index (χ3n) is 5.12. The number of aryl methyl sites for hydroxylation is 1. The van der Waals surface area contributed by atoms with Crippen LogP contribution in [-0.4, -0.2) is 49.6 Å². The summed E-state index contributed by atoms with van der Waals surface area (Å²) < 4.78 is 13.2. The summed E-state index contributed by atoms with van der Waals surface area (Å²) in [7, 11) is 0. The van der Waals surface area contributed by atoms with E-state index in [1.54, 1.807) is 13.1 Å². The molecule has 0 saturated carbocycles. The molecule has 0 aromatic carbocycles. The van der Waals surface area contributed by atoms with Gasteiger partial charge in [0, 0.05) is 38.9 Å². The van der Waals surface area contributed by atoms with Gasteiger partial charge in [-0.05, 0) is 31.9 Å². The minimum atomic E-state index is 0.0908. The molecule has 5 rings (SSSR count). The zero-order chi connectivity index (χ0) is 18.2. The Kier molecular flexibility index (Phi) is 4.08. The Labute approximate surface area is 156 Å². The fraction of sp³-hybridized carbons (Fsp3) is 0.500. The van der Waals surface area contributed by atoms with Gasteiger partial charge in [0.15, 0.2) is 11.6 Å². The minimum Gasteiger partial charge on any atom is -0.370 e. The van der Waals surface area contributed by atoms with Crippen LogP contribution in [0.3, 0.4) is 0 Å². The Bertz CT molecular complexity index is 928. The quantitative estimate of drug-likeness (QED) is 0.693. The highest BCUT2D eigenvalue weighted by molar-refractivity contribution is 5.54. The van der Waals surface area contributed by atoms with Gasteiger partial charge in [-0.1, -0.05) is 5.16 Å². The van der Waals surface area contributed by atoms with Gasteiger partial charge in [0.05, 0.1) is 5.56 Å². The molecule has 27 heavy (non-hydrogen) atoms. The monoisotopic (exact) mass is 367 g/mol. The molecule has 0 amide bonds. The van der Waals surface area contributed by atoms with E-state index in [1.807, 2.05) is 12.1 Å². The molecule has 0 spiro atoms. The number of pyridine rings is 1. The number of ether oxygens (including phenoxy) is 1. The van der Waals surface area contributed by atoms with Crippen molar-refractivity contribution in [3.8, 4) is 11.5 Å². The second-order valence-electron chi connectivity index (χ2n) is 6.92. The highest BCUT2D eigenvalue weighted by Gasteiger charge is 2.27. The van der Waals surface area contributed by atoms with Crippen LogP contribution in [0.25, 0.3) is 11.5 Å². The minimum absolute atomic E-state index is 0.0908. The number of nitrogens with zero attached hydrogens (tertiary/aromatic N) is 7. The van der Waals surface area contributed by atoms with Gasteiger partial charge in [0.25, 0.3) is 5.89 Å². The lowest BCUT2D eigenvalue weighted by Crippen LogP contribution is -2.27. The molecule has 9 heteroatoms. The third-order valence-corrected chi connectivity index (χ3v) is 5.12. The van der Waals surface area contributed by atoms with E-state index >= 15 is 0 Å². The highest BCUT2D eigenvalue weighted by atomic mass is 16.5. The average molecular weight is 367 g/mol. The van der Waals surface area contributed by atoms with Gasteiger partial charge in [0.2, 0.25) is 0 Å². The predicted molar refractivity (Wildman–Crippen MR) is 96.1 cm³/mol. The van der Waals surface area contributed by atoms with Crippen LogP contribution in [0.15, 0.2) is 22.9 Å². The number of anilines is 1. The van der Waals surface area contributed by atoms with Crippen molar-refractivity contribution >= 4 is 5.82 Å². The molecule has 0 bridgehead atoms. The Hall–Kier alpha value is -2.81. The van der Waals surface area contributed by atoms with Crippen molar-refractivity contribution in [2.75, 3.05) is 24.6 Å². The van der Waals surface area contributed by atoms with Crippen LogP contribution in [0.2, 0.25) is 0 Å². The first-order valence-electron chi connectivity index (χ1n) is 9.33. The molecule has 2 aliphatic rings. The molecule has 1 fully saturated rings. The van der Waals surface area contributed by atoms with Gasteiger partial charge in [-0.25, -0.2) is 4.98 Å². The standard InChI is InChI=1S/C18H21N7O2/c1-12-20-18(27-23-12)13-4-5-15(19-11-13)24-7-6-16-21-22-17(25(16)9-8-24)14-3-2-10-26-14/h4-5,11,14H,2-3,6-10H2,1H3/t14-/m0/s1. The fourth-order valence-corrected chi connectivity index (χ4v) is 3.71. The molecule has 5 heterocycles. The molecule has 0 aliphatic carbocycles. The molecule has 3 aromatic rings. The Morgan fingerprint density at radius 1 is 1.15 bits per heavy atom. The van der Waals surface area contributed by atoms with E-state index in [9.17, 15) is 0 Å². The van der Waals surface area contributed by atoms with E-state index in [0.717, 1.165) is 68.5 Å². The van der Waals surface area contributed by atoms with Crippen molar-refractivity contribution < 1.29 is 9.26 Å². The van der Waals surface area contributed by atoms with Crippen LogP contribution in [0.5, 0.6) is 0 Å². The lowest BCUT2D eigenvalue weighted by atomic mass is 10.2. The smallest absolute Gasteiger partial charge is 0.259 e. The Balaban J connectivity index is 1.32. The first-order valence-corrected chi connectivity index (χ1v) is 9.33. The molecule has 9 nitrogen and oxygen atoms in total. The van der Waals surface area contributed by atoms with Crippen LogP contribution >= 0.6 is 0 Å². The Morgan fingerprint density at radius 3 is 2.85 bits per heavy atom. The first kappa shape index (κ1) is 16.4. The van der Waals surface area contributed by atoms with Crippen molar-refractivity contribution in [3.63, 3.8) is 0 Å². The van der Waals surface area contributed by atoms with Gasteiger partial charge in [-0.15, -0.1) is 10.2 Å². The summed E-state index contributed by atoms with van der Waals surface area (Å²) in [6, 6.07) is 3.97. The van der Waals surface area contributed by atoms with E-state index < -0.39 is 0 Å². The van der Waals surface area contributed by atoms with Gasteiger partial charge in [-0.2, -0.15) is 4.98 Å². The molecule has 3 aromatic heterocycles. The molecule has 1 atom stereocenters. The van der Waals surface area contributed by atoms with Gasteiger partial charge in [0.1, 0.15) is 17.7 Å². The maximum absolute atomic E-state index is 5.80. The van der Waals surface area contributed by atoms with Gasteiger partial charge < -0.3 is 18.7 Å². The third kappa shape index (κ3) is 3.08. The van der Waals surface area contributed by atoms with Gasteiger partial charge >= 0.3 is 0 Å². The topological polar surface area (TPSA) is 95.0 Å². The predicted octanol–water partition coefficient (Wildman–Crippen LogP) is 1.95. The summed E-state index contributed by atoms with van der Waals surface area (Å²) in [6.07, 6.45) is 4.83. The van der Waals surface area contributed by atoms with Crippen molar-refractivity contribution in [2.24, 2.45) is 0 Å². The number of hydrogen-bond donors (Lipinski definition) is 0. The van der Waals surface area contributed by atoms with Crippen LogP contribution < -0.4 is 4.90 Å². The van der Waals surface area contributed by atoms with Gasteiger partial charge in [-0.3, -0.25) is 0 Å². The normalized spacial score (nSPS) is 19.9. The highest BCUT2D eigenvalue weighted by Crippen LogP contribution is 2.28. The molecule has 2 aliphatic heterocycles. The van der Waals surface area contributed by atoms with Crippen LogP contribution in [0, 0.1) is 6.92 Å². The molecule has 0 N–H and O–H groups in total. The molecule has 1 saturated heterocycles. The molecular weight excluding hydrogens is 346 g/mol. The van der Waals surface area contributed by atoms with E-state index in [0.29, 0.717) is 11.7 Å². The Morgan fingerprint density at radius 2 is 2.11 bits per heavy atom. The summed E-state index contributed by atoms with van der Waals surface area (Å²) >= 11 is 0. The molecular formula is C18H21N7O2. The zero-order valence-corrected chi connectivity index (χ0v) is 15.2. The van der Waals surface area contributed by atoms with Crippen molar-refractivity contribution in [3.05, 3.63) is 35.8 Å². The second-order valence-corrected chi connectivity index (χ2v) is 6.92. The molecule has 140 valence electrons. The van der Waals surface area contributed by atoms with Crippen LogP contribution in [-0.2, 0) is 17.7 Å². The number of aromatic nitrogens is 6. The molecule has 0 radical (unpaired) electrons. The van der Waals surface area contributed by atoms with Crippen LogP contribution in [0.1, 0.15) is 36.4 Å². The summed E-state index contributed by atoms with van der Waals surface area (Å²) in [5.41, 5.74) is 0.826. The van der Waals surface area contributed by atoms with E-state index in [1.165, 1.54) is 0 Å². The largest absolute Gasteiger partial charge is 0.370 e. The number of fused-ring (bicyclic) bond motifs is 1. The van der Waals surface area contributed by atoms with E-state index in [-0.39, 0.29) is 6.10 Å². The SMILES string of the molecule is Cc1noc(-c2ccc(N3CCc4nnc([C@@H]5CCCO5)n4CC3)nc2)n1. The number of hydrogen-bond acceptors (Lipinski definition) is 8. The lowest BCUT2D eigenvalue weighted by molar-refractivity contribution is 0.101. The maximum atomic E-state index is 5.80. The summed E-state index contributed by atoms with van der Waals surface area (Å²) in [6.45, 7) is 5.17. The second kappa shape index (κ2) is 6.73. The summed E-state index contributed by atoms with van der Waals surface area (Å²) in [5.74, 6) is 4.05. The summed E-state index contributed by atoms with van der Waals surface area (Å²) in [4.78, 5) is 11.1. The van der Waals surface area contributed by atoms with Crippen LogP contribution in [0.4, 0.5) is 5.82 Å². The van der Waals surface area contributed by atoms with Crippen molar-refractivity contribution in [1.82, 2.24) is 29.9 Å². The average Bonchev–Trinajstić information content (AvgIpc) is 3.41. The van der Waals surface area contributed by atoms with Crippen molar-refractivity contribution in [1.29, 1.82) is 0 Å².